The summed E-state index contributed by atoms with van der Waals surface area (Å²) in [5.41, 5.74) is 9.95. The van der Waals surface area contributed by atoms with Crippen molar-refractivity contribution in [3.05, 3.63) is 59.7 Å². The van der Waals surface area contributed by atoms with Crippen LogP contribution in [-0.4, -0.2) is 118 Å². The zero-order chi connectivity index (χ0) is 37.6. The molecule has 5 N–H and O–H groups in total. The molecule has 5 atom stereocenters. The van der Waals surface area contributed by atoms with E-state index in [9.17, 15) is 33.9 Å². The molecule has 2 aromatic rings. The molecule has 14 heteroatoms. The predicted octanol–water partition coefficient (Wildman–Crippen LogP) is 2.59. The smallest absolute Gasteiger partial charge is 0.410 e. The van der Waals surface area contributed by atoms with E-state index in [4.69, 9.17) is 10.5 Å². The number of ether oxygens (including phenoxy) is 1. The first-order valence-electron chi connectivity index (χ1n) is 18.9. The minimum atomic E-state index is -1.15. The standard InChI is InChI=1S/C39H50N6O8/c1-24(36(48)43-20-8-17-32(43)35(47)42-30(38(50)51)15-6-7-19-40)41-34(46)31-16-9-21-44(31)37(49)33-18-10-22-45(33)39(52)53-23-29-27-13-4-2-11-25(27)26-12-3-5-14-28(26)29/h2-5,11-14,24,29-33H,6-10,15-23,40H2,1H3,(H,41,46)(H,42,47)(H,50,51)/t24-,30-,31-,32-,33-/m0/s1. The van der Waals surface area contributed by atoms with Gasteiger partial charge in [-0.3, -0.25) is 24.1 Å². The number of likely N-dealkylation sites (tertiary alicyclic amines) is 3. The summed E-state index contributed by atoms with van der Waals surface area (Å²) in [4.78, 5) is 83.8. The van der Waals surface area contributed by atoms with Gasteiger partial charge in [0.05, 0.1) is 0 Å². The number of fused-ring (bicyclic) bond motifs is 3. The predicted molar refractivity (Wildman–Crippen MR) is 194 cm³/mol. The molecule has 6 rings (SSSR count). The number of rotatable bonds is 13. The summed E-state index contributed by atoms with van der Waals surface area (Å²) in [7, 11) is 0. The van der Waals surface area contributed by atoms with Crippen LogP contribution in [0.15, 0.2) is 48.5 Å². The highest BCUT2D eigenvalue weighted by Crippen LogP contribution is 2.44. The molecule has 0 bridgehead atoms. The van der Waals surface area contributed by atoms with Gasteiger partial charge >= 0.3 is 12.1 Å². The Bertz CT molecular complexity index is 1670. The van der Waals surface area contributed by atoms with Gasteiger partial charge in [-0.25, -0.2) is 9.59 Å². The molecule has 0 radical (unpaired) electrons. The number of amides is 5. The molecule has 14 nitrogen and oxygen atoms in total. The maximum atomic E-state index is 14.0. The number of unbranched alkanes of at least 4 members (excludes halogenated alkanes) is 1. The van der Waals surface area contributed by atoms with E-state index in [-0.39, 0.29) is 24.9 Å². The molecule has 3 aliphatic heterocycles. The fourth-order valence-corrected chi connectivity index (χ4v) is 8.35. The first kappa shape index (κ1) is 37.8. The van der Waals surface area contributed by atoms with Gasteiger partial charge in [0, 0.05) is 25.6 Å². The number of aliphatic carboxylic acids is 1. The van der Waals surface area contributed by atoms with Crippen LogP contribution in [0, 0.1) is 0 Å². The van der Waals surface area contributed by atoms with Crippen LogP contribution in [0.2, 0.25) is 0 Å². The summed E-state index contributed by atoms with van der Waals surface area (Å²) in [5.74, 6) is -3.06. The first-order valence-corrected chi connectivity index (χ1v) is 18.9. The zero-order valence-corrected chi connectivity index (χ0v) is 30.2. The monoisotopic (exact) mass is 730 g/mol. The van der Waals surface area contributed by atoms with Crippen molar-refractivity contribution >= 4 is 35.7 Å². The Labute approximate surface area is 309 Å². The van der Waals surface area contributed by atoms with Gasteiger partial charge in [0.15, 0.2) is 0 Å². The van der Waals surface area contributed by atoms with E-state index < -0.39 is 60.0 Å². The Kier molecular flexibility index (Phi) is 12.0. The molecule has 0 unspecified atom stereocenters. The molecule has 2 aromatic carbocycles. The van der Waals surface area contributed by atoms with Crippen LogP contribution in [0.25, 0.3) is 11.1 Å². The number of carboxylic acids is 1. The lowest BCUT2D eigenvalue weighted by Crippen LogP contribution is -2.57. The molecule has 3 heterocycles. The number of carboxylic acid groups (broad SMARTS) is 1. The van der Waals surface area contributed by atoms with Crippen molar-refractivity contribution < 1.29 is 38.6 Å². The number of hydrogen-bond acceptors (Lipinski definition) is 8. The molecule has 0 aromatic heterocycles. The molecule has 1 aliphatic carbocycles. The highest BCUT2D eigenvalue weighted by atomic mass is 16.6. The molecular weight excluding hydrogens is 680 g/mol. The van der Waals surface area contributed by atoms with Crippen LogP contribution in [0.3, 0.4) is 0 Å². The Morgan fingerprint density at radius 1 is 0.774 bits per heavy atom. The van der Waals surface area contributed by atoms with Gasteiger partial charge < -0.3 is 36.0 Å². The highest BCUT2D eigenvalue weighted by molar-refractivity contribution is 5.96. The molecular formula is C39H50N6O8. The zero-order valence-electron chi connectivity index (χ0n) is 30.2. The van der Waals surface area contributed by atoms with Crippen LogP contribution in [0.1, 0.15) is 81.8 Å². The van der Waals surface area contributed by atoms with Crippen molar-refractivity contribution in [1.29, 1.82) is 0 Å². The average Bonchev–Trinajstić information content (AvgIpc) is 3.99. The minimum absolute atomic E-state index is 0.113. The highest BCUT2D eigenvalue weighted by Gasteiger charge is 2.44. The van der Waals surface area contributed by atoms with Crippen molar-refractivity contribution in [3.63, 3.8) is 0 Å². The van der Waals surface area contributed by atoms with Crippen LogP contribution < -0.4 is 16.4 Å². The Morgan fingerprint density at radius 3 is 1.94 bits per heavy atom. The summed E-state index contributed by atoms with van der Waals surface area (Å²) in [6.07, 6.45) is 3.86. The minimum Gasteiger partial charge on any atom is -0.480 e. The number of carbonyl (C=O) groups excluding carboxylic acids is 5. The van der Waals surface area contributed by atoms with Gasteiger partial charge in [0.2, 0.25) is 23.6 Å². The SMILES string of the molecule is C[C@H](NC(=O)[C@@H]1CCCN1C(=O)[C@@H]1CCCN1C(=O)OCC1c2ccccc2-c2ccccc21)C(=O)N1CCC[C@H]1C(=O)N[C@@H](CCCCN)C(=O)O. The first-order chi connectivity index (χ1) is 25.6. The average molecular weight is 731 g/mol. The van der Waals surface area contributed by atoms with Crippen LogP contribution in [0.5, 0.6) is 0 Å². The molecule has 3 saturated heterocycles. The normalized spacial score (nSPS) is 21.8. The Hall–Kier alpha value is -4.98. The summed E-state index contributed by atoms with van der Waals surface area (Å²) in [5, 5.41) is 14.9. The van der Waals surface area contributed by atoms with Crippen molar-refractivity contribution in [1.82, 2.24) is 25.3 Å². The van der Waals surface area contributed by atoms with E-state index in [2.05, 4.69) is 22.8 Å². The van der Waals surface area contributed by atoms with Crippen molar-refractivity contribution in [3.8, 4) is 11.1 Å². The molecule has 0 spiro atoms. The molecule has 0 saturated carbocycles. The van der Waals surface area contributed by atoms with E-state index in [1.54, 1.807) is 0 Å². The lowest BCUT2D eigenvalue weighted by Gasteiger charge is -2.32. The topological polar surface area (TPSA) is 192 Å². The maximum Gasteiger partial charge on any atom is 0.410 e. The molecule has 284 valence electrons. The second-order valence-corrected chi connectivity index (χ2v) is 14.4. The lowest BCUT2D eigenvalue weighted by atomic mass is 9.98. The second kappa shape index (κ2) is 16.8. The van der Waals surface area contributed by atoms with Gasteiger partial charge in [-0.15, -0.1) is 0 Å². The van der Waals surface area contributed by atoms with E-state index in [0.29, 0.717) is 77.5 Å². The van der Waals surface area contributed by atoms with Gasteiger partial charge in [-0.1, -0.05) is 48.5 Å². The van der Waals surface area contributed by atoms with Crippen LogP contribution >= 0.6 is 0 Å². The number of nitrogens with one attached hydrogen (secondary N) is 2. The Morgan fingerprint density at radius 2 is 1.32 bits per heavy atom. The summed E-state index contributed by atoms with van der Waals surface area (Å²) in [6.45, 7) is 3.11. The third kappa shape index (κ3) is 8.02. The molecule has 5 amide bonds. The fourth-order valence-electron chi connectivity index (χ4n) is 8.35. The molecule has 53 heavy (non-hydrogen) atoms. The lowest BCUT2D eigenvalue weighted by molar-refractivity contribution is -0.145. The molecule has 4 aliphatic rings. The van der Waals surface area contributed by atoms with Crippen LogP contribution in [0.4, 0.5) is 4.79 Å². The fraction of sp³-hybridized carbons (Fsp3) is 0.538. The second-order valence-electron chi connectivity index (χ2n) is 14.4. The van der Waals surface area contributed by atoms with E-state index in [1.807, 2.05) is 36.4 Å². The van der Waals surface area contributed by atoms with E-state index in [1.165, 1.54) is 21.6 Å². The summed E-state index contributed by atoms with van der Waals surface area (Å²) in [6, 6.07) is 11.7. The molecule has 3 fully saturated rings. The number of hydrogen-bond donors (Lipinski definition) is 4. The van der Waals surface area contributed by atoms with Crippen molar-refractivity contribution in [2.45, 2.75) is 101 Å². The quantitative estimate of drug-likeness (QED) is 0.224. The van der Waals surface area contributed by atoms with Gasteiger partial charge in [0.1, 0.15) is 36.8 Å². The largest absolute Gasteiger partial charge is 0.480 e. The number of carbonyl (C=O) groups is 6. The van der Waals surface area contributed by atoms with E-state index in [0.717, 1.165) is 22.3 Å². The summed E-state index contributed by atoms with van der Waals surface area (Å²) >= 11 is 0. The number of nitrogens with zero attached hydrogens (tertiary/aromatic N) is 3. The van der Waals surface area contributed by atoms with Gasteiger partial charge in [0.25, 0.3) is 0 Å². The summed E-state index contributed by atoms with van der Waals surface area (Å²) < 4.78 is 5.88. The Balaban J connectivity index is 1.04. The third-order valence-corrected chi connectivity index (χ3v) is 11.1. The van der Waals surface area contributed by atoms with Crippen molar-refractivity contribution in [2.24, 2.45) is 5.73 Å². The van der Waals surface area contributed by atoms with Crippen LogP contribution in [-0.2, 0) is 28.7 Å². The maximum absolute atomic E-state index is 14.0. The van der Waals surface area contributed by atoms with Crippen molar-refractivity contribution in [2.75, 3.05) is 32.8 Å². The van der Waals surface area contributed by atoms with E-state index >= 15 is 0 Å². The van der Waals surface area contributed by atoms with Gasteiger partial charge in [-0.05, 0) is 93.5 Å². The number of nitrogens with two attached hydrogens (primary N) is 1. The number of benzene rings is 2. The van der Waals surface area contributed by atoms with Gasteiger partial charge in [-0.2, -0.15) is 0 Å². The third-order valence-electron chi connectivity index (χ3n) is 11.1.